The van der Waals surface area contributed by atoms with E-state index in [4.69, 9.17) is 4.74 Å². The molecule has 1 fully saturated rings. The fraction of sp³-hybridized carbons (Fsp3) is 0.348. The highest BCUT2D eigenvalue weighted by atomic mass is 19.1. The number of likely N-dealkylation sites (N-methyl/N-ethyl adjacent to an activating group) is 1. The number of hydrogen-bond acceptors (Lipinski definition) is 7. The molecule has 2 aromatic heterocycles. The SMILES string of the molecule is C=N/C(=C\C(=N/COc1cc(F)c2[nH]c(C)cc2c1)N1CCN(C)CC1)Nc1cc(CO)[nH]n1. The number of aryl methyl sites for hydroxylation is 1. The van der Waals surface area contributed by atoms with E-state index in [1.807, 2.05) is 13.0 Å². The number of hydrogen-bond donors (Lipinski definition) is 4. The van der Waals surface area contributed by atoms with Crippen LogP contribution in [-0.2, 0) is 6.61 Å². The van der Waals surface area contributed by atoms with Crippen molar-refractivity contribution in [2.24, 2.45) is 9.98 Å². The first-order chi connectivity index (χ1) is 16.4. The second-order valence-electron chi connectivity index (χ2n) is 8.15. The van der Waals surface area contributed by atoms with E-state index in [2.05, 4.69) is 54.0 Å². The van der Waals surface area contributed by atoms with Gasteiger partial charge in [-0.05, 0) is 32.8 Å². The van der Waals surface area contributed by atoms with E-state index in [-0.39, 0.29) is 19.2 Å². The maximum atomic E-state index is 14.4. The summed E-state index contributed by atoms with van der Waals surface area (Å²) < 4.78 is 20.2. The number of piperazine rings is 1. The number of aromatic nitrogens is 3. The normalized spacial score (nSPS) is 15.7. The number of rotatable bonds is 8. The lowest BCUT2D eigenvalue weighted by Gasteiger charge is -2.33. The molecule has 1 saturated heterocycles. The highest BCUT2D eigenvalue weighted by Gasteiger charge is 2.17. The number of H-pyrrole nitrogens is 2. The van der Waals surface area contributed by atoms with Gasteiger partial charge in [0.1, 0.15) is 17.4 Å². The van der Waals surface area contributed by atoms with Crippen LogP contribution in [0, 0.1) is 12.7 Å². The monoisotopic (exact) mass is 468 g/mol. The van der Waals surface area contributed by atoms with Crippen LogP contribution in [0.4, 0.5) is 10.2 Å². The maximum Gasteiger partial charge on any atom is 0.181 e. The molecule has 3 heterocycles. The summed E-state index contributed by atoms with van der Waals surface area (Å²) in [6, 6.07) is 6.70. The Kier molecular flexibility index (Phi) is 7.24. The van der Waals surface area contributed by atoms with Crippen molar-refractivity contribution >= 4 is 29.3 Å². The fourth-order valence-electron chi connectivity index (χ4n) is 3.72. The summed E-state index contributed by atoms with van der Waals surface area (Å²) >= 11 is 0. The third kappa shape index (κ3) is 5.61. The molecule has 0 aliphatic carbocycles. The van der Waals surface area contributed by atoms with Gasteiger partial charge in [-0.1, -0.05) is 0 Å². The second-order valence-corrected chi connectivity index (χ2v) is 8.15. The molecule has 11 heteroatoms. The van der Waals surface area contributed by atoms with Crippen LogP contribution in [0.5, 0.6) is 5.75 Å². The number of aromatic amines is 2. The summed E-state index contributed by atoms with van der Waals surface area (Å²) in [5.74, 6) is 1.65. The van der Waals surface area contributed by atoms with Crippen molar-refractivity contribution in [2.45, 2.75) is 13.5 Å². The molecule has 4 rings (SSSR count). The predicted molar refractivity (Wildman–Crippen MR) is 131 cm³/mol. The van der Waals surface area contributed by atoms with Crippen molar-refractivity contribution in [3.05, 3.63) is 53.4 Å². The Morgan fingerprint density at radius 2 is 2.09 bits per heavy atom. The molecule has 0 bridgehead atoms. The molecule has 0 amide bonds. The number of halogens is 1. The predicted octanol–water partition coefficient (Wildman–Crippen LogP) is 2.47. The van der Waals surface area contributed by atoms with Gasteiger partial charge in [0, 0.05) is 55.5 Å². The standard InChI is InChI=1S/C23H29FN8O2/c1-15-8-16-9-18(11-19(24)23(16)27-15)34-14-26-22(32-6-4-31(3)5-7-32)12-20(25-2)28-21-10-17(13-33)29-30-21/h8-12,27,33H,2,4-7,13-14H2,1,3H3,(H2,28,29,30)/b20-12+,26-22+. The van der Waals surface area contributed by atoms with Crippen molar-refractivity contribution in [3.8, 4) is 5.75 Å². The highest BCUT2D eigenvalue weighted by Crippen LogP contribution is 2.25. The van der Waals surface area contributed by atoms with E-state index in [1.165, 1.54) is 6.07 Å². The lowest BCUT2D eigenvalue weighted by atomic mass is 10.2. The van der Waals surface area contributed by atoms with Crippen LogP contribution < -0.4 is 10.1 Å². The summed E-state index contributed by atoms with van der Waals surface area (Å²) in [4.78, 5) is 16.1. The Balaban J connectivity index is 1.53. The quantitative estimate of drug-likeness (QED) is 0.298. The van der Waals surface area contributed by atoms with E-state index in [9.17, 15) is 9.50 Å². The van der Waals surface area contributed by atoms with Crippen LogP contribution in [-0.4, -0.2) is 82.6 Å². The molecule has 0 unspecified atom stereocenters. The van der Waals surface area contributed by atoms with Gasteiger partial charge in [-0.3, -0.25) is 5.10 Å². The lowest BCUT2D eigenvalue weighted by Crippen LogP contribution is -2.47. The molecule has 4 N–H and O–H groups in total. The van der Waals surface area contributed by atoms with E-state index in [0.29, 0.717) is 34.4 Å². The molecule has 1 aliphatic heterocycles. The highest BCUT2D eigenvalue weighted by molar-refractivity contribution is 5.94. The first kappa shape index (κ1) is 23.5. The molecular formula is C23H29FN8O2. The minimum atomic E-state index is -0.368. The summed E-state index contributed by atoms with van der Waals surface area (Å²) in [7, 11) is 2.08. The number of benzene rings is 1. The average molecular weight is 469 g/mol. The zero-order valence-electron chi connectivity index (χ0n) is 19.3. The van der Waals surface area contributed by atoms with Crippen molar-refractivity contribution in [3.63, 3.8) is 0 Å². The Morgan fingerprint density at radius 3 is 2.79 bits per heavy atom. The number of aliphatic imine (C=N–C) groups is 2. The van der Waals surface area contributed by atoms with Gasteiger partial charge < -0.3 is 29.9 Å². The smallest absolute Gasteiger partial charge is 0.181 e. The van der Waals surface area contributed by atoms with Crippen LogP contribution >= 0.6 is 0 Å². The average Bonchev–Trinajstić information content (AvgIpc) is 3.44. The molecule has 10 nitrogen and oxygen atoms in total. The van der Waals surface area contributed by atoms with E-state index in [1.54, 1.807) is 18.2 Å². The van der Waals surface area contributed by atoms with Crippen molar-refractivity contribution in [2.75, 3.05) is 45.3 Å². The Hall–Kier alpha value is -3.70. The van der Waals surface area contributed by atoms with E-state index in [0.717, 1.165) is 37.3 Å². The number of amidine groups is 1. The lowest BCUT2D eigenvalue weighted by molar-refractivity contribution is 0.214. The summed E-state index contributed by atoms with van der Waals surface area (Å²) in [6.45, 7) is 8.75. The summed E-state index contributed by atoms with van der Waals surface area (Å²) in [5.41, 5.74) is 1.92. The Bertz CT molecular complexity index is 1210. The number of nitrogens with zero attached hydrogens (tertiary/aromatic N) is 5. The zero-order chi connectivity index (χ0) is 24.1. The molecule has 0 spiro atoms. The molecule has 1 aromatic carbocycles. The summed E-state index contributed by atoms with van der Waals surface area (Å²) in [5, 5.41) is 19.9. The molecule has 34 heavy (non-hydrogen) atoms. The van der Waals surface area contributed by atoms with Gasteiger partial charge in [-0.25, -0.2) is 14.4 Å². The number of fused-ring (bicyclic) bond motifs is 1. The van der Waals surface area contributed by atoms with Crippen LogP contribution in [0.15, 0.2) is 46.1 Å². The second kappa shape index (κ2) is 10.5. The van der Waals surface area contributed by atoms with E-state index >= 15 is 0 Å². The molecule has 0 atom stereocenters. The first-order valence-electron chi connectivity index (χ1n) is 11.0. The largest absolute Gasteiger partial charge is 0.471 e. The van der Waals surface area contributed by atoms with Crippen molar-refractivity contribution in [1.29, 1.82) is 0 Å². The van der Waals surface area contributed by atoms with Crippen LogP contribution in [0.2, 0.25) is 0 Å². The summed E-state index contributed by atoms with van der Waals surface area (Å²) in [6.07, 6.45) is 1.77. The van der Waals surface area contributed by atoms with Gasteiger partial charge in [0.15, 0.2) is 18.4 Å². The topological polar surface area (TPSA) is 117 Å². The Labute approximate surface area is 196 Å². The van der Waals surface area contributed by atoms with Crippen LogP contribution in [0.25, 0.3) is 10.9 Å². The fourth-order valence-corrected chi connectivity index (χ4v) is 3.72. The van der Waals surface area contributed by atoms with Crippen LogP contribution in [0.3, 0.4) is 0 Å². The third-order valence-corrected chi connectivity index (χ3v) is 5.57. The van der Waals surface area contributed by atoms with Gasteiger partial charge in [0.2, 0.25) is 0 Å². The third-order valence-electron chi connectivity index (χ3n) is 5.57. The van der Waals surface area contributed by atoms with Crippen molar-refractivity contribution in [1.82, 2.24) is 25.0 Å². The molecule has 180 valence electrons. The van der Waals surface area contributed by atoms with Crippen LogP contribution in [0.1, 0.15) is 11.4 Å². The molecule has 0 radical (unpaired) electrons. The molecule has 0 saturated carbocycles. The number of anilines is 1. The minimum absolute atomic E-state index is 0.00795. The number of ether oxygens (including phenoxy) is 1. The van der Waals surface area contributed by atoms with Gasteiger partial charge >= 0.3 is 0 Å². The van der Waals surface area contributed by atoms with Gasteiger partial charge in [-0.2, -0.15) is 5.10 Å². The Morgan fingerprint density at radius 1 is 1.29 bits per heavy atom. The first-order valence-corrected chi connectivity index (χ1v) is 11.0. The number of nitrogens with one attached hydrogen (secondary N) is 3. The van der Waals surface area contributed by atoms with Crippen molar-refractivity contribution < 1.29 is 14.2 Å². The maximum absolute atomic E-state index is 14.4. The van der Waals surface area contributed by atoms with Gasteiger partial charge in [0.05, 0.1) is 17.8 Å². The van der Waals surface area contributed by atoms with Gasteiger partial charge in [-0.15, -0.1) is 0 Å². The van der Waals surface area contributed by atoms with E-state index < -0.39 is 0 Å². The molecule has 1 aliphatic rings. The molecule has 3 aromatic rings. The molecular weight excluding hydrogens is 439 g/mol. The number of aliphatic hydroxyl groups is 1. The minimum Gasteiger partial charge on any atom is -0.471 e. The number of aliphatic hydroxyl groups excluding tert-OH is 1. The van der Waals surface area contributed by atoms with Gasteiger partial charge in [0.25, 0.3) is 0 Å². The zero-order valence-corrected chi connectivity index (χ0v) is 19.3.